The van der Waals surface area contributed by atoms with Crippen LogP contribution in [0.2, 0.25) is 0 Å². The molecular weight excluding hydrogens is 436 g/mol. The first-order valence-corrected chi connectivity index (χ1v) is 11.0. The van der Waals surface area contributed by atoms with Gasteiger partial charge >= 0.3 is 0 Å². The van der Waals surface area contributed by atoms with Crippen molar-refractivity contribution in [1.29, 1.82) is 0 Å². The molecular formula is C21H19BrN4OS. The summed E-state index contributed by atoms with van der Waals surface area (Å²) >= 11 is 5.25. The Bertz CT molecular complexity index is 1060. The third-order valence-corrected chi connectivity index (χ3v) is 6.77. The van der Waals surface area contributed by atoms with Gasteiger partial charge in [-0.1, -0.05) is 34.5 Å². The minimum atomic E-state index is 0.314. The lowest BCUT2D eigenvalue weighted by atomic mass is 10.0. The van der Waals surface area contributed by atoms with Crippen molar-refractivity contribution >= 4 is 37.5 Å². The lowest BCUT2D eigenvalue weighted by Gasteiger charge is -2.33. The Balaban J connectivity index is 1.38. The molecule has 0 saturated carbocycles. The quantitative estimate of drug-likeness (QED) is 0.387. The van der Waals surface area contributed by atoms with Gasteiger partial charge in [-0.3, -0.25) is 4.90 Å². The zero-order valence-corrected chi connectivity index (χ0v) is 17.6. The molecule has 2 aromatic carbocycles. The number of piperidine rings is 1. The summed E-state index contributed by atoms with van der Waals surface area (Å²) in [6.07, 6.45) is 3.54. The maximum Gasteiger partial charge on any atom is 0.247 e. The predicted molar refractivity (Wildman–Crippen MR) is 114 cm³/mol. The summed E-state index contributed by atoms with van der Waals surface area (Å²) in [5.74, 6) is 1.22. The van der Waals surface area contributed by atoms with E-state index in [2.05, 4.69) is 49.2 Å². The van der Waals surface area contributed by atoms with Gasteiger partial charge in [0.25, 0.3) is 0 Å². The van der Waals surface area contributed by atoms with Crippen LogP contribution in [-0.4, -0.2) is 26.6 Å². The van der Waals surface area contributed by atoms with Crippen LogP contribution in [0, 0.1) is 0 Å². The highest BCUT2D eigenvalue weighted by Gasteiger charge is 2.28. The summed E-state index contributed by atoms with van der Waals surface area (Å²) in [5, 5.41) is 9.72. The molecule has 5 nitrogen and oxygen atoms in total. The molecule has 0 bridgehead atoms. The smallest absolute Gasteiger partial charge is 0.247 e. The molecule has 1 atom stereocenters. The van der Waals surface area contributed by atoms with Gasteiger partial charge in [0.2, 0.25) is 11.8 Å². The molecule has 2 aromatic heterocycles. The Hall–Kier alpha value is -2.09. The summed E-state index contributed by atoms with van der Waals surface area (Å²) in [7, 11) is 0. The van der Waals surface area contributed by atoms with Crippen molar-refractivity contribution in [1.82, 2.24) is 20.1 Å². The van der Waals surface area contributed by atoms with Crippen LogP contribution in [-0.2, 0) is 6.54 Å². The van der Waals surface area contributed by atoms with Crippen LogP contribution in [0.25, 0.3) is 21.7 Å². The van der Waals surface area contributed by atoms with Crippen molar-refractivity contribution in [2.45, 2.75) is 31.8 Å². The highest BCUT2D eigenvalue weighted by atomic mass is 79.9. The van der Waals surface area contributed by atoms with Crippen LogP contribution in [0.1, 0.15) is 36.2 Å². The van der Waals surface area contributed by atoms with E-state index in [-0.39, 0.29) is 0 Å². The fraction of sp³-hybridized carbons (Fsp3) is 0.286. The van der Waals surface area contributed by atoms with Gasteiger partial charge in [-0.15, -0.1) is 21.5 Å². The maximum atomic E-state index is 5.96. The molecule has 1 fully saturated rings. The monoisotopic (exact) mass is 454 g/mol. The summed E-state index contributed by atoms with van der Waals surface area (Å²) < 4.78 is 8.24. The highest BCUT2D eigenvalue weighted by Crippen LogP contribution is 2.36. The lowest BCUT2D eigenvalue weighted by Crippen LogP contribution is -2.33. The van der Waals surface area contributed by atoms with E-state index in [1.165, 1.54) is 22.5 Å². The molecule has 0 aliphatic carbocycles. The summed E-state index contributed by atoms with van der Waals surface area (Å²) in [5.41, 5.74) is 2.02. The highest BCUT2D eigenvalue weighted by molar-refractivity contribution is 9.10. The molecule has 142 valence electrons. The molecule has 1 aliphatic rings. The minimum absolute atomic E-state index is 0.314. The number of benzene rings is 2. The number of aromatic nitrogens is 3. The van der Waals surface area contributed by atoms with Gasteiger partial charge in [-0.05, 0) is 55.8 Å². The van der Waals surface area contributed by atoms with Gasteiger partial charge in [0.1, 0.15) is 5.01 Å². The third kappa shape index (κ3) is 3.62. The molecule has 0 N–H and O–H groups in total. The predicted octanol–water partition coefficient (Wildman–Crippen LogP) is 5.84. The van der Waals surface area contributed by atoms with E-state index >= 15 is 0 Å². The molecule has 4 aromatic rings. The molecule has 3 heterocycles. The first-order chi connectivity index (χ1) is 13.8. The van der Waals surface area contributed by atoms with E-state index in [9.17, 15) is 0 Å². The van der Waals surface area contributed by atoms with E-state index in [0.29, 0.717) is 24.4 Å². The summed E-state index contributed by atoms with van der Waals surface area (Å²) in [4.78, 5) is 7.33. The molecule has 5 rings (SSSR count). The average Bonchev–Trinajstić information content (AvgIpc) is 3.36. The first-order valence-electron chi connectivity index (χ1n) is 9.44. The molecule has 0 spiro atoms. The molecule has 0 radical (unpaired) electrons. The summed E-state index contributed by atoms with van der Waals surface area (Å²) in [6, 6.07) is 16.6. The second-order valence-corrected chi connectivity index (χ2v) is 8.99. The zero-order valence-electron chi connectivity index (χ0n) is 15.2. The second-order valence-electron chi connectivity index (χ2n) is 7.01. The number of fused-ring (bicyclic) bond motifs is 1. The third-order valence-electron chi connectivity index (χ3n) is 5.11. The van der Waals surface area contributed by atoms with Crippen LogP contribution >= 0.6 is 27.3 Å². The molecule has 0 amide bonds. The van der Waals surface area contributed by atoms with E-state index in [1.807, 2.05) is 30.3 Å². The number of hydrogen-bond acceptors (Lipinski definition) is 6. The Morgan fingerprint density at radius 2 is 1.93 bits per heavy atom. The van der Waals surface area contributed by atoms with Gasteiger partial charge in [0.15, 0.2) is 0 Å². The molecule has 28 heavy (non-hydrogen) atoms. The maximum absolute atomic E-state index is 5.96. The van der Waals surface area contributed by atoms with Crippen molar-refractivity contribution in [2.24, 2.45) is 0 Å². The molecule has 1 aliphatic heterocycles. The van der Waals surface area contributed by atoms with E-state index in [1.54, 1.807) is 11.3 Å². The van der Waals surface area contributed by atoms with Gasteiger partial charge in [0.05, 0.1) is 22.8 Å². The minimum Gasteiger partial charge on any atom is -0.419 e. The average molecular weight is 455 g/mol. The number of rotatable bonds is 4. The largest absolute Gasteiger partial charge is 0.419 e. The Labute approximate surface area is 175 Å². The van der Waals surface area contributed by atoms with Gasteiger partial charge < -0.3 is 4.42 Å². The Morgan fingerprint density at radius 3 is 2.79 bits per heavy atom. The van der Waals surface area contributed by atoms with Crippen molar-refractivity contribution in [3.8, 4) is 11.5 Å². The number of nitrogens with zero attached hydrogens (tertiary/aromatic N) is 4. The molecule has 7 heteroatoms. The van der Waals surface area contributed by atoms with Crippen molar-refractivity contribution in [2.75, 3.05) is 6.54 Å². The number of para-hydroxylation sites is 1. The van der Waals surface area contributed by atoms with Gasteiger partial charge in [0, 0.05) is 10.0 Å². The van der Waals surface area contributed by atoms with E-state index in [4.69, 9.17) is 9.40 Å². The van der Waals surface area contributed by atoms with Crippen LogP contribution in [0.3, 0.4) is 0 Å². The standard InChI is InChI=1S/C21H19BrN4OS/c22-15-10-8-14(9-11-15)20-25-24-19(27-20)13-26-12-4-3-6-17(26)21-23-16-5-1-2-7-18(16)28-21/h1-2,5,7-11,17H,3-4,6,12-13H2. The SMILES string of the molecule is Brc1ccc(-c2nnc(CN3CCCCC3c3nc4ccccc4s3)o2)cc1. The van der Waals surface area contributed by atoms with Gasteiger partial charge in [-0.25, -0.2) is 4.98 Å². The summed E-state index contributed by atoms with van der Waals surface area (Å²) in [6.45, 7) is 1.68. The van der Waals surface area contributed by atoms with Crippen molar-refractivity contribution < 1.29 is 4.42 Å². The number of hydrogen-bond donors (Lipinski definition) is 0. The normalized spacial score (nSPS) is 18.0. The van der Waals surface area contributed by atoms with E-state index < -0.39 is 0 Å². The van der Waals surface area contributed by atoms with Crippen molar-refractivity contribution in [3.63, 3.8) is 0 Å². The number of halogens is 1. The van der Waals surface area contributed by atoms with Crippen LogP contribution < -0.4 is 0 Å². The van der Waals surface area contributed by atoms with Gasteiger partial charge in [-0.2, -0.15) is 0 Å². The Kier molecular flexibility index (Phi) is 4.96. The topological polar surface area (TPSA) is 55.1 Å². The van der Waals surface area contributed by atoms with Crippen LogP contribution in [0.15, 0.2) is 57.4 Å². The number of likely N-dealkylation sites (tertiary alicyclic amines) is 1. The van der Waals surface area contributed by atoms with Crippen molar-refractivity contribution in [3.05, 3.63) is 63.9 Å². The Morgan fingerprint density at radius 1 is 1.07 bits per heavy atom. The first kappa shape index (κ1) is 18.0. The second kappa shape index (κ2) is 7.73. The molecule has 1 saturated heterocycles. The fourth-order valence-corrected chi connectivity index (χ4v) is 5.09. The van der Waals surface area contributed by atoms with E-state index in [0.717, 1.165) is 28.5 Å². The van der Waals surface area contributed by atoms with Crippen LogP contribution in [0.5, 0.6) is 0 Å². The lowest BCUT2D eigenvalue weighted by molar-refractivity contribution is 0.128. The zero-order chi connectivity index (χ0) is 18.9. The number of thiazole rings is 1. The fourth-order valence-electron chi connectivity index (χ4n) is 3.69. The van der Waals surface area contributed by atoms with Crippen LogP contribution in [0.4, 0.5) is 0 Å². The molecule has 1 unspecified atom stereocenters.